The first-order valence-electron chi connectivity index (χ1n) is 5.82. The Hall–Kier alpha value is -1.26. The van der Waals surface area contributed by atoms with E-state index in [1.165, 1.54) is 0 Å². The van der Waals surface area contributed by atoms with E-state index in [4.69, 9.17) is 10.5 Å². The normalized spacial score (nSPS) is 13.1. The van der Waals surface area contributed by atoms with Gasteiger partial charge in [-0.05, 0) is 19.1 Å². The second kappa shape index (κ2) is 8.78. The summed E-state index contributed by atoms with van der Waals surface area (Å²) >= 11 is 0. The molecule has 0 aliphatic heterocycles. The second-order valence-corrected chi connectivity index (χ2v) is 4.10. The van der Waals surface area contributed by atoms with Crippen LogP contribution in [-0.4, -0.2) is 25.1 Å². The summed E-state index contributed by atoms with van der Waals surface area (Å²) < 4.78 is 5.45. The monoisotopic (exact) mass is 272 g/mol. The number of nitrogens with two attached hydrogens (primary N) is 1. The van der Waals surface area contributed by atoms with Crippen LogP contribution >= 0.6 is 12.4 Å². The zero-order valence-corrected chi connectivity index (χ0v) is 11.6. The quantitative estimate of drug-likeness (QED) is 0.773. The predicted octanol–water partition coefficient (Wildman–Crippen LogP) is 1.59. The Labute approximate surface area is 114 Å². The Morgan fingerprint density at radius 1 is 1.33 bits per heavy atom. The fourth-order valence-electron chi connectivity index (χ4n) is 1.26. The standard InChI is InChI=1S/C13H20N2O2.ClH/c1-10(11(2)14)13(16)15-8-9-17-12-6-4-3-5-7-12;/h3-7,10-11H,8-9,14H2,1-2H3,(H,15,16);1H. The zero-order chi connectivity index (χ0) is 12.7. The number of hydrogen-bond acceptors (Lipinski definition) is 3. The smallest absolute Gasteiger partial charge is 0.224 e. The zero-order valence-electron chi connectivity index (χ0n) is 10.8. The van der Waals surface area contributed by atoms with E-state index in [-0.39, 0.29) is 30.3 Å². The lowest BCUT2D eigenvalue weighted by molar-refractivity contribution is -0.125. The van der Waals surface area contributed by atoms with Crippen LogP contribution in [0.3, 0.4) is 0 Å². The molecule has 0 radical (unpaired) electrons. The van der Waals surface area contributed by atoms with Crippen LogP contribution in [-0.2, 0) is 4.79 Å². The first kappa shape index (κ1) is 16.7. The first-order valence-corrected chi connectivity index (χ1v) is 5.82. The van der Waals surface area contributed by atoms with Gasteiger partial charge < -0.3 is 15.8 Å². The number of ether oxygens (including phenoxy) is 1. The van der Waals surface area contributed by atoms with E-state index in [1.54, 1.807) is 0 Å². The van der Waals surface area contributed by atoms with Crippen molar-refractivity contribution in [3.8, 4) is 5.75 Å². The summed E-state index contributed by atoms with van der Waals surface area (Å²) in [5, 5.41) is 2.79. The van der Waals surface area contributed by atoms with E-state index in [0.29, 0.717) is 13.2 Å². The number of carbonyl (C=O) groups is 1. The van der Waals surface area contributed by atoms with E-state index >= 15 is 0 Å². The fourth-order valence-corrected chi connectivity index (χ4v) is 1.26. The fraction of sp³-hybridized carbons (Fsp3) is 0.462. The summed E-state index contributed by atoms with van der Waals surface area (Å²) in [6.45, 7) is 4.59. The molecule has 0 heterocycles. The summed E-state index contributed by atoms with van der Waals surface area (Å²) in [5.41, 5.74) is 5.64. The van der Waals surface area contributed by atoms with Crippen LogP contribution in [0, 0.1) is 5.92 Å². The maximum Gasteiger partial charge on any atom is 0.224 e. The van der Waals surface area contributed by atoms with E-state index < -0.39 is 0 Å². The minimum absolute atomic E-state index is 0. The molecule has 102 valence electrons. The molecule has 1 aromatic rings. The van der Waals surface area contributed by atoms with E-state index in [0.717, 1.165) is 5.75 Å². The van der Waals surface area contributed by atoms with Crippen LogP contribution in [0.4, 0.5) is 0 Å². The van der Waals surface area contributed by atoms with Gasteiger partial charge in [-0.25, -0.2) is 0 Å². The minimum atomic E-state index is -0.174. The maximum absolute atomic E-state index is 11.5. The van der Waals surface area contributed by atoms with E-state index in [9.17, 15) is 4.79 Å². The predicted molar refractivity (Wildman–Crippen MR) is 75.0 cm³/mol. The number of hydrogen-bond donors (Lipinski definition) is 2. The second-order valence-electron chi connectivity index (χ2n) is 4.10. The summed E-state index contributed by atoms with van der Waals surface area (Å²) in [6.07, 6.45) is 0. The molecule has 1 amide bonds. The molecule has 0 bridgehead atoms. The van der Waals surface area contributed by atoms with Gasteiger partial charge in [0.25, 0.3) is 0 Å². The van der Waals surface area contributed by atoms with Gasteiger partial charge in [-0.1, -0.05) is 25.1 Å². The average molecular weight is 273 g/mol. The molecule has 0 aliphatic carbocycles. The molecule has 1 rings (SSSR count). The third-order valence-corrected chi connectivity index (χ3v) is 2.62. The van der Waals surface area contributed by atoms with Gasteiger partial charge >= 0.3 is 0 Å². The highest BCUT2D eigenvalue weighted by atomic mass is 35.5. The molecular formula is C13H21ClN2O2. The highest BCUT2D eigenvalue weighted by Crippen LogP contribution is 2.07. The van der Waals surface area contributed by atoms with Gasteiger partial charge in [0.1, 0.15) is 12.4 Å². The molecule has 5 heteroatoms. The van der Waals surface area contributed by atoms with Gasteiger partial charge in [0.2, 0.25) is 5.91 Å². The average Bonchev–Trinajstić information content (AvgIpc) is 2.34. The van der Waals surface area contributed by atoms with Gasteiger partial charge in [-0.3, -0.25) is 4.79 Å². The highest BCUT2D eigenvalue weighted by molar-refractivity contribution is 5.85. The number of benzene rings is 1. The minimum Gasteiger partial charge on any atom is -0.492 e. The molecule has 0 aromatic heterocycles. The molecule has 1 aromatic carbocycles. The molecular weight excluding hydrogens is 252 g/mol. The molecule has 18 heavy (non-hydrogen) atoms. The summed E-state index contributed by atoms with van der Waals surface area (Å²) in [4.78, 5) is 11.5. The Bertz CT molecular complexity index is 344. The van der Waals surface area contributed by atoms with Crippen LogP contribution in [0.1, 0.15) is 13.8 Å². The van der Waals surface area contributed by atoms with Crippen molar-refractivity contribution in [2.24, 2.45) is 11.7 Å². The Morgan fingerprint density at radius 3 is 2.50 bits per heavy atom. The largest absolute Gasteiger partial charge is 0.492 e. The topological polar surface area (TPSA) is 64.4 Å². The van der Waals surface area contributed by atoms with Crippen LogP contribution in [0.5, 0.6) is 5.75 Å². The molecule has 4 nitrogen and oxygen atoms in total. The van der Waals surface area contributed by atoms with Crippen molar-refractivity contribution in [3.63, 3.8) is 0 Å². The van der Waals surface area contributed by atoms with Crippen molar-refractivity contribution in [3.05, 3.63) is 30.3 Å². The van der Waals surface area contributed by atoms with Crippen molar-refractivity contribution < 1.29 is 9.53 Å². The van der Waals surface area contributed by atoms with Crippen molar-refractivity contribution in [2.45, 2.75) is 19.9 Å². The van der Waals surface area contributed by atoms with Gasteiger partial charge in [0, 0.05) is 12.0 Å². The number of rotatable bonds is 6. The molecule has 0 fully saturated rings. The molecule has 0 spiro atoms. The number of carbonyl (C=O) groups excluding carboxylic acids is 1. The first-order chi connectivity index (χ1) is 8.11. The van der Waals surface area contributed by atoms with Crippen LogP contribution in [0.2, 0.25) is 0 Å². The number of halogens is 1. The summed E-state index contributed by atoms with van der Waals surface area (Å²) in [5.74, 6) is 0.602. The lowest BCUT2D eigenvalue weighted by Gasteiger charge is -2.15. The van der Waals surface area contributed by atoms with E-state index in [1.807, 2.05) is 44.2 Å². The Morgan fingerprint density at radius 2 is 1.94 bits per heavy atom. The summed E-state index contributed by atoms with van der Waals surface area (Å²) in [6, 6.07) is 9.38. The number of amides is 1. The van der Waals surface area contributed by atoms with Gasteiger partial charge in [0.15, 0.2) is 0 Å². The molecule has 2 atom stereocenters. The van der Waals surface area contributed by atoms with Crippen molar-refractivity contribution in [1.29, 1.82) is 0 Å². The number of para-hydroxylation sites is 1. The molecule has 0 saturated carbocycles. The van der Waals surface area contributed by atoms with Crippen molar-refractivity contribution >= 4 is 18.3 Å². The SMILES string of the molecule is CC(N)C(C)C(=O)NCCOc1ccccc1.Cl. The molecule has 3 N–H and O–H groups in total. The van der Waals surface area contributed by atoms with Crippen LogP contribution in [0.15, 0.2) is 30.3 Å². The lowest BCUT2D eigenvalue weighted by Crippen LogP contribution is -2.40. The Kier molecular flexibility index (Phi) is 8.16. The third kappa shape index (κ3) is 5.89. The third-order valence-electron chi connectivity index (χ3n) is 2.62. The molecule has 0 aliphatic rings. The molecule has 0 saturated heterocycles. The van der Waals surface area contributed by atoms with Crippen LogP contribution in [0.25, 0.3) is 0 Å². The number of nitrogens with one attached hydrogen (secondary N) is 1. The highest BCUT2D eigenvalue weighted by Gasteiger charge is 2.15. The lowest BCUT2D eigenvalue weighted by atomic mass is 10.0. The van der Waals surface area contributed by atoms with Crippen LogP contribution < -0.4 is 15.8 Å². The van der Waals surface area contributed by atoms with Crippen molar-refractivity contribution in [1.82, 2.24) is 5.32 Å². The van der Waals surface area contributed by atoms with Gasteiger partial charge in [0.05, 0.1) is 6.54 Å². The van der Waals surface area contributed by atoms with E-state index in [2.05, 4.69) is 5.32 Å². The Balaban J connectivity index is 0.00000289. The summed E-state index contributed by atoms with van der Waals surface area (Å²) in [7, 11) is 0. The van der Waals surface area contributed by atoms with Gasteiger partial charge in [-0.15, -0.1) is 12.4 Å². The van der Waals surface area contributed by atoms with Crippen molar-refractivity contribution in [2.75, 3.05) is 13.2 Å². The van der Waals surface area contributed by atoms with Gasteiger partial charge in [-0.2, -0.15) is 0 Å². The maximum atomic E-state index is 11.5. The molecule has 2 unspecified atom stereocenters.